The van der Waals surface area contributed by atoms with E-state index >= 15 is 0 Å². The summed E-state index contributed by atoms with van der Waals surface area (Å²) >= 11 is 0. The zero-order chi connectivity index (χ0) is 14.6. The molecule has 2 aliphatic rings. The number of carbonyl (C=O) groups is 1. The molecule has 0 aromatic rings. The second-order valence-corrected chi connectivity index (χ2v) is 6.55. The molecule has 1 saturated carbocycles. The van der Waals surface area contributed by atoms with Gasteiger partial charge in [-0.1, -0.05) is 6.92 Å². The second kappa shape index (κ2) is 6.87. The highest BCUT2D eigenvalue weighted by Gasteiger charge is 2.37. The number of nitrogens with one attached hydrogen (secondary N) is 1. The van der Waals surface area contributed by atoms with E-state index in [0.29, 0.717) is 6.04 Å². The Labute approximate surface area is 122 Å². The van der Waals surface area contributed by atoms with Gasteiger partial charge in [-0.25, -0.2) is 0 Å². The van der Waals surface area contributed by atoms with Crippen LogP contribution in [0.4, 0.5) is 0 Å². The van der Waals surface area contributed by atoms with Gasteiger partial charge in [0, 0.05) is 38.8 Å². The topological polar surface area (TPSA) is 61.6 Å². The zero-order valence-corrected chi connectivity index (χ0v) is 13.0. The zero-order valence-electron chi connectivity index (χ0n) is 13.0. The molecular formula is C15H30N4O. The van der Waals surface area contributed by atoms with Crippen LogP contribution in [0.5, 0.6) is 0 Å². The fraction of sp³-hybridized carbons (Fsp3) is 0.933. The van der Waals surface area contributed by atoms with Gasteiger partial charge in [0.2, 0.25) is 5.91 Å². The van der Waals surface area contributed by atoms with Gasteiger partial charge in [-0.05, 0) is 39.2 Å². The van der Waals surface area contributed by atoms with Gasteiger partial charge in [0.1, 0.15) is 0 Å². The SMILES string of the molecule is CCCN1CCN(CCC(C)(NC2CC2)C(N)=O)CC1. The lowest BCUT2D eigenvalue weighted by Crippen LogP contribution is -2.56. The predicted octanol–water partition coefficient (Wildman–Crippen LogP) is 0.400. The summed E-state index contributed by atoms with van der Waals surface area (Å²) < 4.78 is 0. The Bertz CT molecular complexity index is 324. The molecule has 1 saturated heterocycles. The molecule has 0 radical (unpaired) electrons. The summed E-state index contributed by atoms with van der Waals surface area (Å²) in [6, 6.07) is 0.508. The largest absolute Gasteiger partial charge is 0.368 e. The van der Waals surface area contributed by atoms with Crippen LogP contribution >= 0.6 is 0 Å². The van der Waals surface area contributed by atoms with E-state index < -0.39 is 5.54 Å². The Morgan fingerprint density at radius 1 is 1.20 bits per heavy atom. The second-order valence-electron chi connectivity index (χ2n) is 6.55. The maximum Gasteiger partial charge on any atom is 0.237 e. The van der Waals surface area contributed by atoms with E-state index in [1.165, 1.54) is 25.8 Å². The van der Waals surface area contributed by atoms with E-state index in [1.807, 2.05) is 6.92 Å². The van der Waals surface area contributed by atoms with Crippen LogP contribution in [0.3, 0.4) is 0 Å². The Balaban J connectivity index is 1.74. The summed E-state index contributed by atoms with van der Waals surface area (Å²) in [6.45, 7) is 10.9. The number of carbonyl (C=O) groups excluding carboxylic acids is 1. The molecule has 1 heterocycles. The fourth-order valence-electron chi connectivity index (χ4n) is 2.88. The van der Waals surface area contributed by atoms with Gasteiger partial charge in [0.25, 0.3) is 0 Å². The van der Waals surface area contributed by atoms with Gasteiger partial charge < -0.3 is 20.9 Å². The molecule has 0 aromatic carbocycles. The van der Waals surface area contributed by atoms with Crippen LogP contribution < -0.4 is 11.1 Å². The molecule has 0 spiro atoms. The smallest absolute Gasteiger partial charge is 0.237 e. The van der Waals surface area contributed by atoms with Crippen molar-refractivity contribution in [3.63, 3.8) is 0 Å². The molecule has 1 atom stereocenters. The number of piperazine rings is 1. The van der Waals surface area contributed by atoms with Gasteiger partial charge in [0.05, 0.1) is 5.54 Å². The average Bonchev–Trinajstić information content (AvgIpc) is 3.22. The highest BCUT2D eigenvalue weighted by atomic mass is 16.1. The number of hydrogen-bond donors (Lipinski definition) is 2. The highest BCUT2D eigenvalue weighted by Crippen LogP contribution is 2.24. The van der Waals surface area contributed by atoms with Crippen molar-refractivity contribution in [3.8, 4) is 0 Å². The molecule has 0 bridgehead atoms. The first-order chi connectivity index (χ1) is 9.53. The van der Waals surface area contributed by atoms with Crippen LogP contribution in [0.2, 0.25) is 0 Å². The highest BCUT2D eigenvalue weighted by molar-refractivity contribution is 5.84. The number of primary amides is 1. The van der Waals surface area contributed by atoms with Gasteiger partial charge in [-0.15, -0.1) is 0 Å². The summed E-state index contributed by atoms with van der Waals surface area (Å²) in [5.74, 6) is -0.214. The minimum atomic E-state index is -0.540. The Kier molecular flexibility index (Phi) is 5.41. The van der Waals surface area contributed by atoms with Crippen molar-refractivity contribution in [1.82, 2.24) is 15.1 Å². The summed E-state index contributed by atoms with van der Waals surface area (Å²) in [7, 11) is 0. The molecule has 2 rings (SSSR count). The maximum atomic E-state index is 11.7. The Morgan fingerprint density at radius 3 is 2.20 bits per heavy atom. The van der Waals surface area contributed by atoms with E-state index in [2.05, 4.69) is 22.0 Å². The molecule has 20 heavy (non-hydrogen) atoms. The quantitative estimate of drug-likeness (QED) is 0.676. The van der Waals surface area contributed by atoms with Crippen LogP contribution in [-0.4, -0.2) is 66.6 Å². The summed E-state index contributed by atoms with van der Waals surface area (Å²) in [5, 5.41) is 3.42. The molecule has 1 amide bonds. The fourth-order valence-corrected chi connectivity index (χ4v) is 2.88. The lowest BCUT2D eigenvalue weighted by atomic mass is 9.96. The number of nitrogens with two attached hydrogens (primary N) is 1. The first kappa shape index (κ1) is 15.7. The molecule has 1 aliphatic carbocycles. The van der Waals surface area contributed by atoms with Crippen LogP contribution in [0.15, 0.2) is 0 Å². The third kappa shape index (κ3) is 4.43. The number of nitrogens with zero attached hydrogens (tertiary/aromatic N) is 2. The van der Waals surface area contributed by atoms with Crippen molar-refractivity contribution in [2.75, 3.05) is 39.3 Å². The van der Waals surface area contributed by atoms with Gasteiger partial charge in [-0.3, -0.25) is 4.79 Å². The molecule has 3 N–H and O–H groups in total. The lowest BCUT2D eigenvalue weighted by Gasteiger charge is -2.36. The predicted molar refractivity (Wildman–Crippen MR) is 81.5 cm³/mol. The molecule has 1 aliphatic heterocycles. The van der Waals surface area contributed by atoms with E-state index in [-0.39, 0.29) is 5.91 Å². The first-order valence-electron chi connectivity index (χ1n) is 8.06. The van der Waals surface area contributed by atoms with Crippen molar-refractivity contribution in [3.05, 3.63) is 0 Å². The van der Waals surface area contributed by atoms with Crippen LogP contribution in [-0.2, 0) is 4.79 Å². The van der Waals surface area contributed by atoms with Crippen LogP contribution in [0, 0.1) is 0 Å². The van der Waals surface area contributed by atoms with Gasteiger partial charge in [0.15, 0.2) is 0 Å². The molecule has 0 aromatic heterocycles. The van der Waals surface area contributed by atoms with E-state index in [1.54, 1.807) is 0 Å². The summed E-state index contributed by atoms with van der Waals surface area (Å²) in [4.78, 5) is 16.7. The van der Waals surface area contributed by atoms with Crippen molar-refractivity contribution < 1.29 is 4.79 Å². The molecule has 116 valence electrons. The first-order valence-corrected chi connectivity index (χ1v) is 8.06. The Hall–Kier alpha value is -0.650. The maximum absolute atomic E-state index is 11.7. The minimum Gasteiger partial charge on any atom is -0.368 e. The van der Waals surface area contributed by atoms with Crippen molar-refractivity contribution in [1.29, 1.82) is 0 Å². The number of amides is 1. The standard InChI is InChI=1S/C15H30N4O/c1-3-7-18-9-11-19(12-10-18)8-6-15(2,14(16)20)17-13-4-5-13/h13,17H,3-12H2,1-2H3,(H2,16,20). The third-order valence-corrected chi connectivity index (χ3v) is 4.58. The Morgan fingerprint density at radius 2 is 1.75 bits per heavy atom. The molecule has 2 fully saturated rings. The molecule has 5 heteroatoms. The molecule has 5 nitrogen and oxygen atoms in total. The van der Waals surface area contributed by atoms with Crippen LogP contribution in [0.25, 0.3) is 0 Å². The lowest BCUT2D eigenvalue weighted by molar-refractivity contribution is -0.124. The average molecular weight is 282 g/mol. The van der Waals surface area contributed by atoms with Crippen molar-refractivity contribution in [2.45, 2.75) is 51.1 Å². The van der Waals surface area contributed by atoms with Gasteiger partial charge >= 0.3 is 0 Å². The van der Waals surface area contributed by atoms with E-state index in [9.17, 15) is 4.79 Å². The molecule has 1 unspecified atom stereocenters. The van der Waals surface area contributed by atoms with E-state index in [0.717, 1.165) is 39.1 Å². The third-order valence-electron chi connectivity index (χ3n) is 4.58. The number of rotatable bonds is 8. The van der Waals surface area contributed by atoms with Gasteiger partial charge in [-0.2, -0.15) is 0 Å². The molecular weight excluding hydrogens is 252 g/mol. The van der Waals surface area contributed by atoms with Crippen molar-refractivity contribution >= 4 is 5.91 Å². The minimum absolute atomic E-state index is 0.214. The van der Waals surface area contributed by atoms with Crippen molar-refractivity contribution in [2.24, 2.45) is 5.73 Å². The van der Waals surface area contributed by atoms with E-state index in [4.69, 9.17) is 5.73 Å². The summed E-state index contributed by atoms with van der Waals surface area (Å²) in [6.07, 6.45) is 4.40. The van der Waals surface area contributed by atoms with Crippen LogP contribution in [0.1, 0.15) is 39.5 Å². The normalized spacial score (nSPS) is 24.5. The monoisotopic (exact) mass is 282 g/mol. The number of hydrogen-bond acceptors (Lipinski definition) is 4. The summed E-state index contributed by atoms with van der Waals surface area (Å²) in [5.41, 5.74) is 5.06.